The Morgan fingerprint density at radius 1 is 0.857 bits per heavy atom. The molecule has 5 nitrogen and oxygen atoms in total. The predicted molar refractivity (Wildman–Crippen MR) is 111 cm³/mol. The molecule has 0 saturated carbocycles. The molecular weight excluding hydrogens is 372 g/mol. The van der Waals surface area contributed by atoms with Crippen LogP contribution in [0.5, 0.6) is 0 Å². The van der Waals surface area contributed by atoms with E-state index in [9.17, 15) is 13.2 Å². The zero-order valence-corrected chi connectivity index (χ0v) is 16.6. The lowest BCUT2D eigenvalue weighted by atomic mass is 10.1. The van der Waals surface area contributed by atoms with Crippen molar-refractivity contribution in [2.24, 2.45) is 0 Å². The van der Waals surface area contributed by atoms with Gasteiger partial charge in [0, 0.05) is 12.6 Å². The van der Waals surface area contributed by atoms with Crippen LogP contribution in [0.2, 0.25) is 0 Å². The molecule has 0 spiro atoms. The van der Waals surface area contributed by atoms with Crippen molar-refractivity contribution in [1.29, 1.82) is 0 Å². The average Bonchev–Trinajstić information content (AvgIpc) is 2.74. The fourth-order valence-electron chi connectivity index (χ4n) is 2.82. The highest BCUT2D eigenvalue weighted by atomic mass is 32.2. The van der Waals surface area contributed by atoms with E-state index in [1.54, 1.807) is 54.6 Å². The number of amides is 1. The lowest BCUT2D eigenvalue weighted by Crippen LogP contribution is -2.28. The molecule has 0 saturated heterocycles. The second-order valence-electron chi connectivity index (χ2n) is 6.44. The summed E-state index contributed by atoms with van der Waals surface area (Å²) in [6, 6.07) is 24.3. The van der Waals surface area contributed by atoms with Gasteiger partial charge in [0.15, 0.2) is 0 Å². The molecule has 0 heterocycles. The standard InChI is InChI=1S/C22H22N2O3S/c1-17(18-9-5-3-6-10-18)23-22(25)19-13-15-20(16-14-19)24(2)28(26,27)21-11-7-4-8-12-21/h3-17H,1-2H3,(H,23,25)/t17-/m1/s1. The Labute approximate surface area is 165 Å². The zero-order valence-electron chi connectivity index (χ0n) is 15.7. The van der Waals surface area contributed by atoms with Crippen LogP contribution >= 0.6 is 0 Å². The second kappa shape index (κ2) is 8.27. The summed E-state index contributed by atoms with van der Waals surface area (Å²) >= 11 is 0. The monoisotopic (exact) mass is 394 g/mol. The van der Waals surface area contributed by atoms with Gasteiger partial charge in [0.1, 0.15) is 0 Å². The Bertz CT molecular complexity index is 1030. The van der Waals surface area contributed by atoms with Gasteiger partial charge in [-0.2, -0.15) is 0 Å². The molecule has 0 bridgehead atoms. The van der Waals surface area contributed by atoms with Crippen LogP contribution in [-0.4, -0.2) is 21.4 Å². The van der Waals surface area contributed by atoms with Gasteiger partial charge in [-0.3, -0.25) is 9.10 Å². The van der Waals surface area contributed by atoms with Crippen molar-refractivity contribution in [2.45, 2.75) is 17.9 Å². The number of carbonyl (C=O) groups is 1. The quantitative estimate of drug-likeness (QED) is 0.687. The molecule has 0 aliphatic carbocycles. The Kier molecular flexibility index (Phi) is 5.80. The van der Waals surface area contributed by atoms with E-state index in [1.807, 2.05) is 37.3 Å². The molecule has 3 aromatic rings. The minimum absolute atomic E-state index is 0.130. The number of anilines is 1. The molecule has 0 unspecified atom stereocenters. The van der Waals surface area contributed by atoms with Crippen LogP contribution in [0.4, 0.5) is 5.69 Å². The normalized spacial score (nSPS) is 12.2. The van der Waals surface area contributed by atoms with Crippen LogP contribution < -0.4 is 9.62 Å². The summed E-state index contributed by atoms with van der Waals surface area (Å²) in [7, 11) is -2.15. The Hall–Kier alpha value is -3.12. The molecule has 3 aromatic carbocycles. The van der Waals surface area contributed by atoms with Crippen molar-refractivity contribution in [1.82, 2.24) is 5.32 Å². The largest absolute Gasteiger partial charge is 0.346 e. The fraction of sp³-hybridized carbons (Fsp3) is 0.136. The van der Waals surface area contributed by atoms with E-state index in [4.69, 9.17) is 0 Å². The van der Waals surface area contributed by atoms with Gasteiger partial charge in [0.2, 0.25) is 0 Å². The third kappa shape index (κ3) is 4.23. The molecule has 1 atom stereocenters. The molecule has 1 amide bonds. The predicted octanol–water partition coefficient (Wildman–Crippen LogP) is 4.00. The van der Waals surface area contributed by atoms with Crippen molar-refractivity contribution in [3.05, 3.63) is 96.1 Å². The van der Waals surface area contributed by atoms with Crippen LogP contribution in [0, 0.1) is 0 Å². The number of hydrogen-bond acceptors (Lipinski definition) is 3. The van der Waals surface area contributed by atoms with E-state index < -0.39 is 10.0 Å². The van der Waals surface area contributed by atoms with Gasteiger partial charge >= 0.3 is 0 Å². The Morgan fingerprint density at radius 2 is 1.39 bits per heavy atom. The van der Waals surface area contributed by atoms with Crippen molar-refractivity contribution in [3.63, 3.8) is 0 Å². The van der Waals surface area contributed by atoms with Gasteiger partial charge < -0.3 is 5.32 Å². The first-order valence-corrected chi connectivity index (χ1v) is 10.3. The van der Waals surface area contributed by atoms with Crippen molar-refractivity contribution in [2.75, 3.05) is 11.4 Å². The fourth-order valence-corrected chi connectivity index (χ4v) is 4.03. The summed E-state index contributed by atoms with van der Waals surface area (Å²) in [6.45, 7) is 1.92. The summed E-state index contributed by atoms with van der Waals surface area (Å²) in [6.07, 6.45) is 0. The van der Waals surface area contributed by atoms with Crippen LogP contribution in [-0.2, 0) is 10.0 Å². The topological polar surface area (TPSA) is 66.5 Å². The molecular formula is C22H22N2O3S. The highest BCUT2D eigenvalue weighted by Gasteiger charge is 2.21. The van der Waals surface area contributed by atoms with E-state index in [0.717, 1.165) is 5.56 Å². The lowest BCUT2D eigenvalue weighted by Gasteiger charge is -2.20. The third-order valence-electron chi connectivity index (χ3n) is 4.54. The van der Waals surface area contributed by atoms with Gasteiger partial charge in [-0.1, -0.05) is 48.5 Å². The molecule has 144 valence electrons. The van der Waals surface area contributed by atoms with Gasteiger partial charge in [0.25, 0.3) is 15.9 Å². The number of carbonyl (C=O) groups excluding carboxylic acids is 1. The molecule has 1 N–H and O–H groups in total. The van der Waals surface area contributed by atoms with Crippen LogP contribution in [0.15, 0.2) is 89.8 Å². The van der Waals surface area contributed by atoms with Crippen molar-refractivity contribution < 1.29 is 13.2 Å². The first-order valence-electron chi connectivity index (χ1n) is 8.89. The number of rotatable bonds is 6. The van der Waals surface area contributed by atoms with Crippen LogP contribution in [0.25, 0.3) is 0 Å². The highest BCUT2D eigenvalue weighted by Crippen LogP contribution is 2.22. The van der Waals surface area contributed by atoms with Crippen LogP contribution in [0.3, 0.4) is 0 Å². The Balaban J connectivity index is 1.73. The highest BCUT2D eigenvalue weighted by molar-refractivity contribution is 7.92. The molecule has 6 heteroatoms. The zero-order chi connectivity index (χ0) is 20.1. The van der Waals surface area contributed by atoms with Crippen molar-refractivity contribution in [3.8, 4) is 0 Å². The first-order chi connectivity index (χ1) is 13.4. The summed E-state index contributed by atoms with van der Waals surface area (Å²) in [5.74, 6) is -0.212. The summed E-state index contributed by atoms with van der Waals surface area (Å²) in [5, 5.41) is 2.95. The van der Waals surface area contributed by atoms with Gasteiger partial charge in [-0.25, -0.2) is 8.42 Å². The third-order valence-corrected chi connectivity index (χ3v) is 6.34. The number of hydrogen-bond donors (Lipinski definition) is 1. The molecule has 0 aliphatic heterocycles. The molecule has 0 fully saturated rings. The smallest absolute Gasteiger partial charge is 0.264 e. The summed E-state index contributed by atoms with van der Waals surface area (Å²) in [4.78, 5) is 12.7. The van der Waals surface area contributed by atoms with E-state index in [1.165, 1.54) is 11.4 Å². The number of nitrogens with zero attached hydrogens (tertiary/aromatic N) is 1. The summed E-state index contributed by atoms with van der Waals surface area (Å²) in [5.41, 5.74) is 1.97. The number of benzene rings is 3. The number of sulfonamides is 1. The first kappa shape index (κ1) is 19.6. The lowest BCUT2D eigenvalue weighted by molar-refractivity contribution is 0.0940. The molecule has 28 heavy (non-hydrogen) atoms. The molecule has 3 rings (SSSR count). The van der Waals surface area contributed by atoms with E-state index in [-0.39, 0.29) is 16.8 Å². The van der Waals surface area contributed by atoms with Gasteiger partial charge in [-0.05, 0) is 48.9 Å². The van der Waals surface area contributed by atoms with E-state index in [0.29, 0.717) is 11.3 Å². The maximum atomic E-state index is 12.7. The minimum Gasteiger partial charge on any atom is -0.346 e. The molecule has 0 aliphatic rings. The van der Waals surface area contributed by atoms with E-state index in [2.05, 4.69) is 5.32 Å². The number of nitrogens with one attached hydrogen (secondary N) is 1. The maximum absolute atomic E-state index is 12.7. The SMILES string of the molecule is C[C@@H](NC(=O)c1ccc(N(C)S(=O)(=O)c2ccccc2)cc1)c1ccccc1. The molecule has 0 radical (unpaired) electrons. The second-order valence-corrected chi connectivity index (χ2v) is 8.41. The average molecular weight is 394 g/mol. The Morgan fingerprint density at radius 3 is 1.96 bits per heavy atom. The van der Waals surface area contributed by atoms with Crippen molar-refractivity contribution >= 4 is 21.6 Å². The molecule has 0 aromatic heterocycles. The van der Waals surface area contributed by atoms with Gasteiger partial charge in [0.05, 0.1) is 16.6 Å². The summed E-state index contributed by atoms with van der Waals surface area (Å²) < 4.78 is 26.6. The van der Waals surface area contributed by atoms with Crippen LogP contribution in [0.1, 0.15) is 28.9 Å². The van der Waals surface area contributed by atoms with Gasteiger partial charge in [-0.15, -0.1) is 0 Å². The maximum Gasteiger partial charge on any atom is 0.264 e. The minimum atomic E-state index is -3.65. The van der Waals surface area contributed by atoms with E-state index >= 15 is 0 Å².